The van der Waals surface area contributed by atoms with Crippen molar-refractivity contribution in [1.82, 2.24) is 9.97 Å². The summed E-state index contributed by atoms with van der Waals surface area (Å²) >= 11 is 3.46. The standard InChI is InChI=1S/C11H12BrN3/c1-13-11-14-7-10(15-11)6-8-3-2-4-9(12)5-8/h2-5,7H,6H2,1H3,(H2,13,14,15). The summed E-state index contributed by atoms with van der Waals surface area (Å²) in [4.78, 5) is 7.37. The fourth-order valence-electron chi connectivity index (χ4n) is 1.44. The monoisotopic (exact) mass is 265 g/mol. The Bertz CT molecular complexity index is 451. The smallest absolute Gasteiger partial charge is 0.200 e. The van der Waals surface area contributed by atoms with E-state index in [9.17, 15) is 0 Å². The lowest BCUT2D eigenvalue weighted by atomic mass is 10.1. The Labute approximate surface area is 97.1 Å². The number of hydrogen-bond donors (Lipinski definition) is 2. The van der Waals surface area contributed by atoms with E-state index in [4.69, 9.17) is 0 Å². The van der Waals surface area contributed by atoms with Crippen LogP contribution in [0.1, 0.15) is 11.3 Å². The first kappa shape index (κ1) is 10.2. The van der Waals surface area contributed by atoms with Crippen molar-refractivity contribution >= 4 is 21.9 Å². The summed E-state index contributed by atoms with van der Waals surface area (Å²) in [6.45, 7) is 0. The van der Waals surface area contributed by atoms with Crippen LogP contribution in [-0.2, 0) is 6.42 Å². The van der Waals surface area contributed by atoms with Gasteiger partial charge in [0.1, 0.15) is 0 Å². The predicted octanol–water partition coefficient (Wildman–Crippen LogP) is 2.80. The number of nitrogens with one attached hydrogen (secondary N) is 2. The fraction of sp³-hybridized carbons (Fsp3) is 0.182. The van der Waals surface area contributed by atoms with E-state index < -0.39 is 0 Å². The number of halogens is 1. The molecule has 0 saturated heterocycles. The van der Waals surface area contributed by atoms with Gasteiger partial charge in [-0.25, -0.2) is 4.98 Å². The fourth-order valence-corrected chi connectivity index (χ4v) is 1.89. The second-order valence-corrected chi connectivity index (χ2v) is 4.23. The average molecular weight is 266 g/mol. The SMILES string of the molecule is CNc1ncc(Cc2cccc(Br)c2)[nH]1. The zero-order chi connectivity index (χ0) is 10.7. The van der Waals surface area contributed by atoms with E-state index in [1.807, 2.05) is 25.4 Å². The highest BCUT2D eigenvalue weighted by Gasteiger charge is 2.00. The molecule has 4 heteroatoms. The maximum absolute atomic E-state index is 4.17. The first-order valence-corrected chi connectivity index (χ1v) is 5.53. The zero-order valence-corrected chi connectivity index (χ0v) is 10.0. The Morgan fingerprint density at radius 2 is 2.33 bits per heavy atom. The first-order valence-electron chi connectivity index (χ1n) is 4.74. The van der Waals surface area contributed by atoms with E-state index in [0.29, 0.717) is 0 Å². The number of H-pyrrole nitrogens is 1. The largest absolute Gasteiger partial charge is 0.359 e. The Morgan fingerprint density at radius 1 is 1.47 bits per heavy atom. The third-order valence-electron chi connectivity index (χ3n) is 2.15. The van der Waals surface area contributed by atoms with Gasteiger partial charge in [0, 0.05) is 23.6 Å². The van der Waals surface area contributed by atoms with Crippen molar-refractivity contribution in [3.63, 3.8) is 0 Å². The van der Waals surface area contributed by atoms with Crippen molar-refractivity contribution in [2.45, 2.75) is 6.42 Å². The molecule has 0 radical (unpaired) electrons. The predicted molar refractivity (Wildman–Crippen MR) is 65.1 cm³/mol. The number of benzene rings is 1. The molecule has 2 rings (SSSR count). The van der Waals surface area contributed by atoms with Crippen LogP contribution in [0.5, 0.6) is 0 Å². The molecule has 0 unspecified atom stereocenters. The van der Waals surface area contributed by atoms with Gasteiger partial charge in [-0.15, -0.1) is 0 Å². The lowest BCUT2D eigenvalue weighted by Crippen LogP contribution is -1.91. The Hall–Kier alpha value is -1.29. The molecule has 0 atom stereocenters. The maximum Gasteiger partial charge on any atom is 0.200 e. The summed E-state index contributed by atoms with van der Waals surface area (Å²) in [5.74, 6) is 0.806. The summed E-state index contributed by atoms with van der Waals surface area (Å²) in [5, 5.41) is 2.97. The molecule has 2 aromatic rings. The molecular formula is C11H12BrN3. The van der Waals surface area contributed by atoms with Gasteiger partial charge in [0.25, 0.3) is 0 Å². The average Bonchev–Trinajstić information content (AvgIpc) is 2.65. The van der Waals surface area contributed by atoms with Gasteiger partial charge in [-0.2, -0.15) is 0 Å². The van der Waals surface area contributed by atoms with E-state index in [2.05, 4.69) is 43.3 Å². The first-order chi connectivity index (χ1) is 7.28. The maximum atomic E-state index is 4.17. The summed E-state index contributed by atoms with van der Waals surface area (Å²) in [6.07, 6.45) is 2.72. The molecule has 1 aromatic carbocycles. The van der Waals surface area contributed by atoms with Crippen LogP contribution >= 0.6 is 15.9 Å². The van der Waals surface area contributed by atoms with Crippen molar-refractivity contribution in [1.29, 1.82) is 0 Å². The Morgan fingerprint density at radius 3 is 3.00 bits per heavy atom. The minimum absolute atomic E-state index is 0.806. The normalized spacial score (nSPS) is 10.3. The molecule has 1 heterocycles. The number of rotatable bonds is 3. The quantitative estimate of drug-likeness (QED) is 0.896. The lowest BCUT2D eigenvalue weighted by Gasteiger charge is -1.99. The Kier molecular flexibility index (Phi) is 3.06. The van der Waals surface area contributed by atoms with E-state index in [0.717, 1.165) is 22.5 Å². The van der Waals surface area contributed by atoms with Gasteiger partial charge in [0.15, 0.2) is 5.95 Å². The second kappa shape index (κ2) is 4.49. The molecule has 0 aliphatic carbocycles. The number of nitrogens with zero attached hydrogens (tertiary/aromatic N) is 1. The molecule has 0 spiro atoms. The van der Waals surface area contributed by atoms with Gasteiger partial charge in [-0.05, 0) is 17.7 Å². The zero-order valence-electron chi connectivity index (χ0n) is 8.42. The van der Waals surface area contributed by atoms with Crippen LogP contribution in [0.4, 0.5) is 5.95 Å². The van der Waals surface area contributed by atoms with Crippen LogP contribution in [0, 0.1) is 0 Å². The van der Waals surface area contributed by atoms with Crippen LogP contribution in [-0.4, -0.2) is 17.0 Å². The van der Waals surface area contributed by atoms with Gasteiger partial charge in [0.2, 0.25) is 0 Å². The molecule has 3 nitrogen and oxygen atoms in total. The van der Waals surface area contributed by atoms with E-state index in [1.165, 1.54) is 5.56 Å². The summed E-state index contributed by atoms with van der Waals surface area (Å²) in [5.41, 5.74) is 2.37. The molecule has 78 valence electrons. The summed E-state index contributed by atoms with van der Waals surface area (Å²) < 4.78 is 1.10. The number of aromatic amines is 1. The minimum atomic E-state index is 0.806. The van der Waals surface area contributed by atoms with Gasteiger partial charge < -0.3 is 10.3 Å². The third kappa shape index (κ3) is 2.59. The number of imidazole rings is 1. The molecule has 0 aliphatic rings. The van der Waals surface area contributed by atoms with Crippen molar-refractivity contribution in [3.05, 3.63) is 46.2 Å². The van der Waals surface area contributed by atoms with Crippen molar-refractivity contribution < 1.29 is 0 Å². The van der Waals surface area contributed by atoms with Crippen molar-refractivity contribution in [3.8, 4) is 0 Å². The Balaban J connectivity index is 2.14. The van der Waals surface area contributed by atoms with Crippen LogP contribution in [0.25, 0.3) is 0 Å². The number of anilines is 1. The number of hydrogen-bond acceptors (Lipinski definition) is 2. The summed E-state index contributed by atoms with van der Waals surface area (Å²) in [7, 11) is 1.85. The molecule has 0 saturated carbocycles. The number of aromatic nitrogens is 2. The summed E-state index contributed by atoms with van der Waals surface area (Å²) in [6, 6.07) is 8.27. The van der Waals surface area contributed by atoms with Crippen LogP contribution in [0.2, 0.25) is 0 Å². The van der Waals surface area contributed by atoms with Gasteiger partial charge in [-0.1, -0.05) is 28.1 Å². The van der Waals surface area contributed by atoms with Crippen LogP contribution in [0.15, 0.2) is 34.9 Å². The molecule has 1 aromatic heterocycles. The third-order valence-corrected chi connectivity index (χ3v) is 2.64. The van der Waals surface area contributed by atoms with Gasteiger partial charge in [0.05, 0.1) is 6.20 Å². The van der Waals surface area contributed by atoms with Crippen molar-refractivity contribution in [2.24, 2.45) is 0 Å². The lowest BCUT2D eigenvalue weighted by molar-refractivity contribution is 1.10. The van der Waals surface area contributed by atoms with E-state index in [-0.39, 0.29) is 0 Å². The highest BCUT2D eigenvalue weighted by molar-refractivity contribution is 9.10. The topological polar surface area (TPSA) is 40.7 Å². The molecule has 0 amide bonds. The van der Waals surface area contributed by atoms with Crippen LogP contribution < -0.4 is 5.32 Å². The second-order valence-electron chi connectivity index (χ2n) is 3.31. The van der Waals surface area contributed by atoms with Gasteiger partial charge in [-0.3, -0.25) is 0 Å². The van der Waals surface area contributed by atoms with Gasteiger partial charge >= 0.3 is 0 Å². The highest BCUT2D eigenvalue weighted by atomic mass is 79.9. The van der Waals surface area contributed by atoms with E-state index >= 15 is 0 Å². The molecule has 0 bridgehead atoms. The molecular weight excluding hydrogens is 254 g/mol. The molecule has 2 N–H and O–H groups in total. The minimum Gasteiger partial charge on any atom is -0.359 e. The van der Waals surface area contributed by atoms with Crippen LogP contribution in [0.3, 0.4) is 0 Å². The highest BCUT2D eigenvalue weighted by Crippen LogP contribution is 2.14. The molecule has 15 heavy (non-hydrogen) atoms. The molecule has 0 fully saturated rings. The molecule has 0 aliphatic heterocycles. The van der Waals surface area contributed by atoms with E-state index in [1.54, 1.807) is 0 Å². The van der Waals surface area contributed by atoms with Crippen molar-refractivity contribution in [2.75, 3.05) is 12.4 Å².